The van der Waals surface area contributed by atoms with E-state index in [1.165, 1.54) is 19.3 Å². The van der Waals surface area contributed by atoms with Crippen LogP contribution in [0.4, 0.5) is 0 Å². The lowest BCUT2D eigenvalue weighted by atomic mass is 9.85. The van der Waals surface area contributed by atoms with Crippen LogP contribution in [0.3, 0.4) is 0 Å². The highest BCUT2D eigenvalue weighted by Crippen LogP contribution is 2.36. The second-order valence-corrected chi connectivity index (χ2v) is 5.13. The number of hydrogen-bond donors (Lipinski definition) is 1. The summed E-state index contributed by atoms with van der Waals surface area (Å²) in [6.45, 7) is 2.19. The first kappa shape index (κ1) is 8.59. The number of nitrogens with zero attached hydrogens (tertiary/aromatic N) is 3. The van der Waals surface area contributed by atoms with Gasteiger partial charge in [0.25, 0.3) is 0 Å². The number of rotatable bonds is 1. The van der Waals surface area contributed by atoms with Crippen molar-refractivity contribution in [1.29, 1.82) is 0 Å². The highest BCUT2D eigenvalue weighted by atomic mass is 32.2. The van der Waals surface area contributed by atoms with E-state index in [0.717, 1.165) is 16.7 Å². The molecule has 3 rings (SSSR count). The molecule has 1 unspecified atom stereocenters. The Kier molecular flexibility index (Phi) is 1.93. The number of aromatic nitrogens is 3. The summed E-state index contributed by atoms with van der Waals surface area (Å²) in [5.74, 6) is 2.88. The molecule has 0 saturated heterocycles. The van der Waals surface area contributed by atoms with Crippen molar-refractivity contribution in [2.45, 2.75) is 43.3 Å². The van der Waals surface area contributed by atoms with Gasteiger partial charge in [-0.05, 0) is 19.8 Å². The van der Waals surface area contributed by atoms with Crippen LogP contribution in [0.25, 0.3) is 0 Å². The first-order valence-electron chi connectivity index (χ1n) is 5.19. The number of thioether (sulfide) groups is 1. The molecule has 0 aromatic carbocycles. The molecule has 0 radical (unpaired) electrons. The maximum absolute atomic E-state index is 4.28. The first-order valence-corrected chi connectivity index (χ1v) is 6.18. The first-order chi connectivity index (χ1) is 6.84. The van der Waals surface area contributed by atoms with E-state index < -0.39 is 0 Å². The molecule has 5 heteroatoms. The van der Waals surface area contributed by atoms with Gasteiger partial charge in [-0.15, -0.1) is 10.2 Å². The molecule has 1 fully saturated rings. The van der Waals surface area contributed by atoms with Crippen LogP contribution in [-0.2, 0) is 0 Å². The maximum Gasteiger partial charge on any atom is 0.210 e. The van der Waals surface area contributed by atoms with Crippen LogP contribution in [0.1, 0.15) is 37.9 Å². The molecule has 1 aliphatic heterocycles. The van der Waals surface area contributed by atoms with Gasteiger partial charge in [0.2, 0.25) is 5.16 Å². The van der Waals surface area contributed by atoms with Gasteiger partial charge in [-0.1, -0.05) is 18.2 Å². The third-order valence-electron chi connectivity index (χ3n) is 2.94. The van der Waals surface area contributed by atoms with E-state index in [1.54, 1.807) is 11.8 Å². The molecular weight excluding hydrogens is 196 g/mol. The summed E-state index contributed by atoms with van der Waals surface area (Å²) in [6.07, 6.45) is 3.90. The van der Waals surface area contributed by atoms with Crippen molar-refractivity contribution < 1.29 is 0 Å². The largest absolute Gasteiger partial charge is 0.319 e. The topological polar surface area (TPSA) is 42.7 Å². The molecular formula is C9H14N4S. The number of fused-ring (bicyclic) bond motifs is 1. The maximum atomic E-state index is 4.28. The van der Waals surface area contributed by atoms with Gasteiger partial charge in [0, 0.05) is 17.7 Å². The Hall–Kier alpha value is -0.710. The minimum Gasteiger partial charge on any atom is -0.319 e. The number of nitrogens with one attached hydrogen (secondary N) is 1. The highest BCUT2D eigenvalue weighted by Gasteiger charge is 2.29. The summed E-state index contributed by atoms with van der Waals surface area (Å²) in [7, 11) is 0. The summed E-state index contributed by atoms with van der Waals surface area (Å²) in [6, 6.07) is 0.516. The zero-order valence-corrected chi connectivity index (χ0v) is 9.05. The van der Waals surface area contributed by atoms with Crippen molar-refractivity contribution >= 4 is 11.8 Å². The number of hydrogen-bond acceptors (Lipinski definition) is 4. The average Bonchev–Trinajstić information content (AvgIpc) is 2.46. The monoisotopic (exact) mass is 210 g/mol. The third-order valence-corrected chi connectivity index (χ3v) is 4.13. The van der Waals surface area contributed by atoms with Gasteiger partial charge in [-0.25, -0.2) is 4.68 Å². The third kappa shape index (κ3) is 1.22. The summed E-state index contributed by atoms with van der Waals surface area (Å²) < 4.78 is 2.10. The highest BCUT2D eigenvalue weighted by molar-refractivity contribution is 7.99. The van der Waals surface area contributed by atoms with Crippen LogP contribution >= 0.6 is 11.8 Å². The molecule has 0 spiro atoms. The quantitative estimate of drug-likeness (QED) is 0.764. The SMILES string of the molecule is CC1CSc2nnc(C3CCC3)n2N1. The minimum absolute atomic E-state index is 0.516. The van der Waals surface area contributed by atoms with Gasteiger partial charge in [0.15, 0.2) is 5.82 Å². The molecule has 1 aliphatic carbocycles. The smallest absolute Gasteiger partial charge is 0.210 e. The van der Waals surface area contributed by atoms with E-state index in [4.69, 9.17) is 0 Å². The van der Waals surface area contributed by atoms with Crippen molar-refractivity contribution in [3.8, 4) is 0 Å². The fourth-order valence-corrected chi connectivity index (χ4v) is 2.73. The van der Waals surface area contributed by atoms with Gasteiger partial charge >= 0.3 is 0 Å². The lowest BCUT2D eigenvalue weighted by Gasteiger charge is -2.28. The van der Waals surface area contributed by atoms with Crippen LogP contribution in [0.2, 0.25) is 0 Å². The Labute approximate surface area is 87.4 Å². The Morgan fingerprint density at radius 3 is 3.00 bits per heavy atom. The Morgan fingerprint density at radius 1 is 1.43 bits per heavy atom. The van der Waals surface area contributed by atoms with E-state index in [2.05, 4.69) is 27.2 Å². The molecule has 4 nitrogen and oxygen atoms in total. The summed E-state index contributed by atoms with van der Waals surface area (Å²) in [4.78, 5) is 0. The van der Waals surface area contributed by atoms with E-state index in [9.17, 15) is 0 Å². The minimum atomic E-state index is 0.516. The second kappa shape index (κ2) is 3.15. The zero-order valence-electron chi connectivity index (χ0n) is 8.23. The van der Waals surface area contributed by atoms with Crippen LogP contribution in [0, 0.1) is 0 Å². The van der Waals surface area contributed by atoms with Crippen LogP contribution in [-0.4, -0.2) is 26.7 Å². The molecule has 1 atom stereocenters. The van der Waals surface area contributed by atoms with Crippen molar-refractivity contribution in [2.75, 3.05) is 11.2 Å². The molecule has 1 aromatic heterocycles. The van der Waals surface area contributed by atoms with E-state index in [-0.39, 0.29) is 0 Å². The van der Waals surface area contributed by atoms with Gasteiger partial charge < -0.3 is 5.43 Å². The molecule has 1 aromatic rings. The van der Waals surface area contributed by atoms with Crippen molar-refractivity contribution in [3.05, 3.63) is 5.82 Å². The van der Waals surface area contributed by atoms with Crippen molar-refractivity contribution in [1.82, 2.24) is 14.9 Å². The molecule has 1 saturated carbocycles. The lowest BCUT2D eigenvalue weighted by Crippen LogP contribution is -2.34. The summed E-state index contributed by atoms with van der Waals surface area (Å²) >= 11 is 1.80. The Balaban J connectivity index is 1.93. The predicted octanol–water partition coefficient (Wildman–Crippen LogP) is 1.58. The molecule has 76 valence electrons. The van der Waals surface area contributed by atoms with Gasteiger partial charge in [-0.2, -0.15) is 0 Å². The van der Waals surface area contributed by atoms with Crippen molar-refractivity contribution in [2.24, 2.45) is 0 Å². The molecule has 1 N–H and O–H groups in total. The predicted molar refractivity (Wildman–Crippen MR) is 56.2 cm³/mol. The van der Waals surface area contributed by atoms with Crippen LogP contribution < -0.4 is 5.43 Å². The molecule has 0 amide bonds. The van der Waals surface area contributed by atoms with Gasteiger partial charge in [-0.3, -0.25) is 0 Å². The van der Waals surface area contributed by atoms with E-state index in [0.29, 0.717) is 12.0 Å². The van der Waals surface area contributed by atoms with Crippen molar-refractivity contribution in [3.63, 3.8) is 0 Å². The fraction of sp³-hybridized carbons (Fsp3) is 0.778. The van der Waals surface area contributed by atoms with E-state index >= 15 is 0 Å². The molecule has 0 bridgehead atoms. The van der Waals surface area contributed by atoms with Gasteiger partial charge in [0.1, 0.15) is 0 Å². The van der Waals surface area contributed by atoms with Crippen LogP contribution in [0.5, 0.6) is 0 Å². The summed E-state index contributed by atoms with van der Waals surface area (Å²) in [5, 5.41) is 9.52. The molecule has 14 heavy (non-hydrogen) atoms. The normalized spacial score (nSPS) is 26.5. The van der Waals surface area contributed by atoms with Crippen LogP contribution in [0.15, 0.2) is 5.16 Å². The summed E-state index contributed by atoms with van der Waals surface area (Å²) in [5.41, 5.74) is 3.43. The Bertz CT molecular complexity index is 345. The standard InChI is InChI=1S/C9H14N4S/c1-6-5-14-9-11-10-8(13(9)12-6)7-3-2-4-7/h6-7,12H,2-5H2,1H3. The second-order valence-electron chi connectivity index (χ2n) is 4.15. The Morgan fingerprint density at radius 2 is 2.29 bits per heavy atom. The zero-order chi connectivity index (χ0) is 9.54. The lowest BCUT2D eigenvalue weighted by molar-refractivity contribution is 0.388. The fourth-order valence-electron chi connectivity index (χ4n) is 1.88. The molecule has 2 heterocycles. The average molecular weight is 210 g/mol. The molecule has 2 aliphatic rings. The van der Waals surface area contributed by atoms with E-state index in [1.807, 2.05) is 0 Å². The van der Waals surface area contributed by atoms with Gasteiger partial charge in [0.05, 0.1) is 0 Å².